The molecule has 0 aliphatic carbocycles. The third-order valence-corrected chi connectivity index (χ3v) is 10.9. The monoisotopic (exact) mass is 766 g/mol. The van der Waals surface area contributed by atoms with Crippen LogP contribution in [0.2, 0.25) is 0 Å². The van der Waals surface area contributed by atoms with E-state index in [1.54, 1.807) is 0 Å². The number of hydrogen-bond donors (Lipinski definition) is 1. The zero-order chi connectivity index (χ0) is 39.6. The average molecular weight is 766 g/mol. The summed E-state index contributed by atoms with van der Waals surface area (Å²) < 4.78 is 11.5. The molecule has 320 valence electrons. The number of unbranched alkanes of at least 4 members (excludes halogenated alkanes) is 25. The van der Waals surface area contributed by atoms with Gasteiger partial charge in [0.25, 0.3) is 0 Å². The molecule has 0 fully saturated rings. The zero-order valence-corrected chi connectivity index (χ0v) is 36.3. The van der Waals surface area contributed by atoms with Gasteiger partial charge in [-0.15, -0.1) is 0 Å². The molecule has 1 N–H and O–H groups in total. The van der Waals surface area contributed by atoms with Crippen LogP contribution in [0.4, 0.5) is 0 Å². The van der Waals surface area contributed by atoms with E-state index in [1.165, 1.54) is 116 Å². The van der Waals surface area contributed by atoms with Gasteiger partial charge in [0, 0.05) is 19.3 Å². The fourth-order valence-electron chi connectivity index (χ4n) is 7.37. The largest absolute Gasteiger partial charge is 0.481 e. The minimum atomic E-state index is -0.721. The molecule has 0 saturated heterocycles. The Hall–Kier alpha value is -1.63. The number of hydrogen-bond acceptors (Lipinski definition) is 6. The molecule has 54 heavy (non-hydrogen) atoms. The van der Waals surface area contributed by atoms with Crippen molar-refractivity contribution < 1.29 is 29.0 Å². The lowest BCUT2D eigenvalue weighted by atomic mass is 10.0. The van der Waals surface area contributed by atoms with Crippen molar-refractivity contribution in [2.75, 3.05) is 26.2 Å². The van der Waals surface area contributed by atoms with E-state index in [4.69, 9.17) is 14.6 Å². The summed E-state index contributed by atoms with van der Waals surface area (Å²) in [6.45, 7) is 10.2. The summed E-state index contributed by atoms with van der Waals surface area (Å²) in [5, 5.41) is 9.13. The molecule has 1 atom stereocenters. The quantitative estimate of drug-likeness (QED) is 0.0487. The van der Waals surface area contributed by atoms with Gasteiger partial charge in [0.15, 0.2) is 0 Å². The second kappa shape index (κ2) is 42.5. The van der Waals surface area contributed by atoms with Crippen LogP contribution in [0.1, 0.15) is 252 Å². The number of carbonyl (C=O) groups is 3. The second-order valence-electron chi connectivity index (χ2n) is 16.3. The lowest BCUT2D eigenvalue weighted by Crippen LogP contribution is -2.27. The summed E-state index contributed by atoms with van der Waals surface area (Å²) in [5.74, 6) is -0.773. The molecule has 0 saturated carbocycles. The molecule has 0 aromatic carbocycles. The number of nitrogens with zero attached hydrogens (tertiary/aromatic N) is 1. The maximum Gasteiger partial charge on any atom is 0.306 e. The summed E-state index contributed by atoms with van der Waals surface area (Å²) in [4.78, 5) is 38.3. The average Bonchev–Trinajstić information content (AvgIpc) is 3.15. The number of ether oxygens (including phenoxy) is 2. The first-order valence-electron chi connectivity index (χ1n) is 23.7. The van der Waals surface area contributed by atoms with E-state index in [0.717, 1.165) is 110 Å². The smallest absolute Gasteiger partial charge is 0.306 e. The summed E-state index contributed by atoms with van der Waals surface area (Å²) in [5.41, 5.74) is 0. The summed E-state index contributed by atoms with van der Waals surface area (Å²) >= 11 is 0. The van der Waals surface area contributed by atoms with Crippen LogP contribution in [0.25, 0.3) is 0 Å². The number of carboxylic acid groups (broad SMARTS) is 1. The molecule has 0 amide bonds. The van der Waals surface area contributed by atoms with Gasteiger partial charge in [-0.3, -0.25) is 14.4 Å². The Kier molecular flexibility index (Phi) is 41.2. The maximum atomic E-state index is 12.8. The van der Waals surface area contributed by atoms with Crippen LogP contribution in [-0.2, 0) is 23.9 Å². The normalized spacial score (nSPS) is 12.0. The second-order valence-corrected chi connectivity index (χ2v) is 16.3. The molecule has 0 aliphatic heterocycles. The van der Waals surface area contributed by atoms with Crippen LogP contribution in [0.5, 0.6) is 0 Å². The Morgan fingerprint density at radius 3 is 1.26 bits per heavy atom. The van der Waals surface area contributed by atoms with Crippen LogP contribution in [0.3, 0.4) is 0 Å². The molecule has 0 spiro atoms. The highest BCUT2D eigenvalue weighted by Crippen LogP contribution is 2.19. The third kappa shape index (κ3) is 40.0. The summed E-state index contributed by atoms with van der Waals surface area (Å²) in [6.07, 6.45) is 40.0. The molecule has 0 aliphatic rings. The van der Waals surface area contributed by atoms with E-state index >= 15 is 0 Å². The number of esters is 2. The molecule has 1 unspecified atom stereocenters. The molecule has 0 bridgehead atoms. The first-order chi connectivity index (χ1) is 26.4. The Balaban J connectivity index is 4.19. The molecule has 0 heterocycles. The van der Waals surface area contributed by atoms with Gasteiger partial charge in [-0.1, -0.05) is 168 Å². The molecule has 7 nitrogen and oxygen atoms in total. The van der Waals surface area contributed by atoms with Crippen molar-refractivity contribution in [1.29, 1.82) is 0 Å². The van der Waals surface area contributed by atoms with Gasteiger partial charge in [0.05, 0.1) is 6.61 Å². The topological polar surface area (TPSA) is 93.1 Å². The Morgan fingerprint density at radius 2 is 0.796 bits per heavy atom. The maximum absolute atomic E-state index is 12.8. The van der Waals surface area contributed by atoms with Crippen molar-refractivity contribution in [3.05, 3.63) is 0 Å². The van der Waals surface area contributed by atoms with E-state index in [2.05, 4.69) is 25.7 Å². The van der Waals surface area contributed by atoms with Crippen LogP contribution < -0.4 is 0 Å². The van der Waals surface area contributed by atoms with Crippen LogP contribution >= 0.6 is 0 Å². The molecular formula is C47H91NO6. The minimum absolute atomic E-state index is 0.00253. The highest BCUT2D eigenvalue weighted by Gasteiger charge is 2.14. The van der Waals surface area contributed by atoms with Gasteiger partial charge in [-0.2, -0.15) is 0 Å². The zero-order valence-electron chi connectivity index (χ0n) is 36.3. The van der Waals surface area contributed by atoms with E-state index < -0.39 is 5.97 Å². The molecule has 0 radical (unpaired) electrons. The number of rotatable bonds is 44. The van der Waals surface area contributed by atoms with Crippen molar-refractivity contribution in [2.24, 2.45) is 0 Å². The lowest BCUT2D eigenvalue weighted by molar-refractivity contribution is -0.150. The fraction of sp³-hybridized carbons (Fsp3) is 0.936. The number of aliphatic carboxylic acids is 1. The molecule has 0 rings (SSSR count). The summed E-state index contributed by atoms with van der Waals surface area (Å²) in [6, 6.07) is 0. The molecule has 0 aromatic heterocycles. The van der Waals surface area contributed by atoms with Crippen LogP contribution in [-0.4, -0.2) is 60.3 Å². The van der Waals surface area contributed by atoms with Crippen molar-refractivity contribution in [3.63, 3.8) is 0 Å². The van der Waals surface area contributed by atoms with Gasteiger partial charge < -0.3 is 19.5 Å². The van der Waals surface area contributed by atoms with Gasteiger partial charge >= 0.3 is 17.9 Å². The van der Waals surface area contributed by atoms with Crippen LogP contribution in [0, 0.1) is 0 Å². The Labute approximate surface area is 335 Å². The van der Waals surface area contributed by atoms with Gasteiger partial charge in [-0.05, 0) is 83.8 Å². The molecule has 0 aromatic rings. The van der Waals surface area contributed by atoms with E-state index in [1.807, 2.05) is 0 Å². The Bertz CT molecular complexity index is 820. The predicted octanol–water partition coefficient (Wildman–Crippen LogP) is 13.9. The van der Waals surface area contributed by atoms with E-state index in [-0.39, 0.29) is 24.5 Å². The first kappa shape index (κ1) is 52.4. The third-order valence-electron chi connectivity index (χ3n) is 10.9. The highest BCUT2D eigenvalue weighted by molar-refractivity contribution is 5.69. The number of carbonyl (C=O) groups excluding carboxylic acids is 2. The first-order valence-corrected chi connectivity index (χ1v) is 23.7. The van der Waals surface area contributed by atoms with Crippen LogP contribution in [0.15, 0.2) is 0 Å². The van der Waals surface area contributed by atoms with E-state index in [9.17, 15) is 14.4 Å². The fourth-order valence-corrected chi connectivity index (χ4v) is 7.37. The van der Waals surface area contributed by atoms with Gasteiger partial charge in [0.1, 0.15) is 6.10 Å². The standard InChI is InChI=1S/C47H91NO6/c1-4-7-10-13-16-21-28-36-44(35-27-20-15-12-9-6-3)54-47(52)39-30-23-19-25-32-41-48(42-34-37-45(49)50)40-31-24-18-22-29-38-46(51)53-43-33-26-17-14-11-8-5-2/h44H,4-43H2,1-3H3,(H,49,50). The van der Waals surface area contributed by atoms with Crippen molar-refractivity contribution in [2.45, 2.75) is 258 Å². The van der Waals surface area contributed by atoms with Gasteiger partial charge in [-0.25, -0.2) is 0 Å². The lowest BCUT2D eigenvalue weighted by Gasteiger charge is -2.22. The molecular weight excluding hydrogens is 675 g/mol. The van der Waals surface area contributed by atoms with Crippen molar-refractivity contribution in [3.8, 4) is 0 Å². The summed E-state index contributed by atoms with van der Waals surface area (Å²) in [7, 11) is 0. The van der Waals surface area contributed by atoms with Crippen molar-refractivity contribution in [1.82, 2.24) is 4.90 Å². The highest BCUT2D eigenvalue weighted by atomic mass is 16.5. The minimum Gasteiger partial charge on any atom is -0.481 e. The van der Waals surface area contributed by atoms with Gasteiger partial charge in [0.2, 0.25) is 0 Å². The van der Waals surface area contributed by atoms with E-state index in [0.29, 0.717) is 25.9 Å². The Morgan fingerprint density at radius 1 is 0.426 bits per heavy atom. The predicted molar refractivity (Wildman–Crippen MR) is 228 cm³/mol. The number of carboxylic acids is 1. The SMILES string of the molecule is CCCCCCCCCOC(=O)CCCCCCCN(CCCCCCCC(=O)OC(CCCCCCCC)CCCCCCCCC)CCCC(=O)O. The molecule has 7 heteroatoms. The van der Waals surface area contributed by atoms with Crippen molar-refractivity contribution >= 4 is 17.9 Å².